The summed E-state index contributed by atoms with van der Waals surface area (Å²) in [5.41, 5.74) is 0.963. The lowest BCUT2D eigenvalue weighted by Gasteiger charge is -2.23. The van der Waals surface area contributed by atoms with Crippen LogP contribution >= 0.6 is 0 Å². The van der Waals surface area contributed by atoms with Crippen molar-refractivity contribution in [3.05, 3.63) is 83.3 Å². The molecule has 2 amide bonds. The monoisotopic (exact) mass is 453 g/mol. The standard InChI is InChI=1S/C26H32FN3O3/c1-5-14-30(26(32)22-10-6-7-11-23(22)27)16-20-9-8-15-29(20)17-21-12-13-24(33-21)25(31)28-19(4)18(2)3/h6-13,15,18-19H,5,14,16-17H2,1-4H3,(H,28,31). The summed E-state index contributed by atoms with van der Waals surface area (Å²) in [6.45, 7) is 9.31. The maximum atomic E-state index is 14.2. The van der Waals surface area contributed by atoms with E-state index in [4.69, 9.17) is 4.42 Å². The van der Waals surface area contributed by atoms with Gasteiger partial charge >= 0.3 is 0 Å². The molecule has 0 saturated carbocycles. The summed E-state index contributed by atoms with van der Waals surface area (Å²) >= 11 is 0. The number of rotatable bonds is 10. The van der Waals surface area contributed by atoms with Gasteiger partial charge in [0.15, 0.2) is 5.76 Å². The number of nitrogens with zero attached hydrogens (tertiary/aromatic N) is 2. The van der Waals surface area contributed by atoms with E-state index >= 15 is 0 Å². The van der Waals surface area contributed by atoms with E-state index in [1.807, 2.05) is 50.6 Å². The molecule has 0 aliphatic heterocycles. The molecule has 3 aromatic rings. The average molecular weight is 454 g/mol. The number of benzene rings is 1. The highest BCUT2D eigenvalue weighted by molar-refractivity contribution is 5.94. The molecule has 1 N–H and O–H groups in total. The summed E-state index contributed by atoms with van der Waals surface area (Å²) in [6, 6.07) is 13.4. The van der Waals surface area contributed by atoms with Crippen LogP contribution in [-0.2, 0) is 13.1 Å². The number of nitrogens with one attached hydrogen (secondary N) is 1. The zero-order valence-corrected chi connectivity index (χ0v) is 19.7. The van der Waals surface area contributed by atoms with E-state index < -0.39 is 5.82 Å². The Morgan fingerprint density at radius 2 is 1.85 bits per heavy atom. The van der Waals surface area contributed by atoms with E-state index in [-0.39, 0.29) is 29.2 Å². The molecule has 3 rings (SSSR count). The molecule has 0 aliphatic rings. The number of halogens is 1. The van der Waals surface area contributed by atoms with Gasteiger partial charge in [0.05, 0.1) is 18.7 Å². The minimum Gasteiger partial charge on any atom is -0.454 e. The van der Waals surface area contributed by atoms with E-state index in [9.17, 15) is 14.0 Å². The molecular weight excluding hydrogens is 421 g/mol. The Morgan fingerprint density at radius 3 is 2.55 bits per heavy atom. The van der Waals surface area contributed by atoms with Crippen molar-refractivity contribution in [1.29, 1.82) is 0 Å². The van der Waals surface area contributed by atoms with Gasteiger partial charge in [-0.2, -0.15) is 0 Å². The van der Waals surface area contributed by atoms with Crippen molar-refractivity contribution in [2.24, 2.45) is 5.92 Å². The van der Waals surface area contributed by atoms with Gasteiger partial charge < -0.3 is 19.2 Å². The number of aromatic nitrogens is 1. The molecule has 2 aromatic heterocycles. The molecular formula is C26H32FN3O3. The Bertz CT molecular complexity index is 1090. The van der Waals surface area contributed by atoms with Crippen LogP contribution in [-0.4, -0.2) is 33.9 Å². The van der Waals surface area contributed by atoms with E-state index in [0.717, 1.165) is 12.1 Å². The second-order valence-corrected chi connectivity index (χ2v) is 8.61. The van der Waals surface area contributed by atoms with Crippen LogP contribution in [0.3, 0.4) is 0 Å². The zero-order chi connectivity index (χ0) is 24.0. The van der Waals surface area contributed by atoms with Crippen LogP contribution in [0.25, 0.3) is 0 Å². The first-order chi connectivity index (χ1) is 15.8. The summed E-state index contributed by atoms with van der Waals surface area (Å²) in [5, 5.41) is 2.94. The largest absolute Gasteiger partial charge is 0.454 e. The normalized spacial score (nSPS) is 12.1. The zero-order valence-electron chi connectivity index (χ0n) is 19.7. The summed E-state index contributed by atoms with van der Waals surface area (Å²) in [5.74, 6) is 0.139. The van der Waals surface area contributed by atoms with Gasteiger partial charge in [0, 0.05) is 24.5 Å². The molecule has 0 spiro atoms. The Balaban J connectivity index is 1.72. The fourth-order valence-corrected chi connectivity index (χ4v) is 3.47. The van der Waals surface area contributed by atoms with Crippen molar-refractivity contribution < 1.29 is 18.4 Å². The second-order valence-electron chi connectivity index (χ2n) is 8.61. The molecule has 7 heteroatoms. The predicted molar refractivity (Wildman–Crippen MR) is 125 cm³/mol. The predicted octanol–water partition coefficient (Wildman–Crippen LogP) is 5.10. The van der Waals surface area contributed by atoms with Gasteiger partial charge in [-0.05, 0) is 55.7 Å². The van der Waals surface area contributed by atoms with Crippen LogP contribution in [0.5, 0.6) is 0 Å². The van der Waals surface area contributed by atoms with E-state index in [2.05, 4.69) is 5.32 Å². The quantitative estimate of drug-likeness (QED) is 0.465. The lowest BCUT2D eigenvalue weighted by Crippen LogP contribution is -2.35. The van der Waals surface area contributed by atoms with Crippen LogP contribution in [0.4, 0.5) is 4.39 Å². The molecule has 0 bridgehead atoms. The first kappa shape index (κ1) is 24.3. The number of furan rings is 1. The van der Waals surface area contributed by atoms with Gasteiger partial charge in [-0.1, -0.05) is 32.9 Å². The van der Waals surface area contributed by atoms with Gasteiger partial charge in [0.25, 0.3) is 11.8 Å². The number of carbonyl (C=O) groups is 2. The third-order valence-electron chi connectivity index (χ3n) is 5.73. The topological polar surface area (TPSA) is 67.5 Å². The lowest BCUT2D eigenvalue weighted by atomic mass is 10.1. The molecule has 0 fully saturated rings. The van der Waals surface area contributed by atoms with Crippen molar-refractivity contribution >= 4 is 11.8 Å². The summed E-state index contributed by atoms with van der Waals surface area (Å²) in [4.78, 5) is 27.0. The van der Waals surface area contributed by atoms with Crippen LogP contribution in [0, 0.1) is 11.7 Å². The molecule has 2 heterocycles. The van der Waals surface area contributed by atoms with Crippen molar-refractivity contribution in [3.63, 3.8) is 0 Å². The highest BCUT2D eigenvalue weighted by Gasteiger charge is 2.20. The molecule has 176 valence electrons. The van der Waals surface area contributed by atoms with Crippen molar-refractivity contribution in [2.45, 2.75) is 53.2 Å². The van der Waals surface area contributed by atoms with E-state index in [1.54, 1.807) is 29.2 Å². The fourth-order valence-electron chi connectivity index (χ4n) is 3.47. The summed E-state index contributed by atoms with van der Waals surface area (Å²) in [6.07, 6.45) is 2.66. The van der Waals surface area contributed by atoms with Gasteiger partial charge in [0.2, 0.25) is 0 Å². The van der Waals surface area contributed by atoms with Crippen molar-refractivity contribution in [3.8, 4) is 0 Å². The minimum absolute atomic E-state index is 0.0404. The molecule has 33 heavy (non-hydrogen) atoms. The van der Waals surface area contributed by atoms with Crippen LogP contribution in [0.1, 0.15) is 66.5 Å². The van der Waals surface area contributed by atoms with Gasteiger partial charge in [-0.3, -0.25) is 9.59 Å². The van der Waals surface area contributed by atoms with Gasteiger partial charge in [0.1, 0.15) is 11.6 Å². The second kappa shape index (κ2) is 11.0. The lowest BCUT2D eigenvalue weighted by molar-refractivity contribution is 0.0734. The number of hydrogen-bond donors (Lipinski definition) is 1. The summed E-state index contributed by atoms with van der Waals surface area (Å²) in [7, 11) is 0. The van der Waals surface area contributed by atoms with Crippen molar-refractivity contribution in [2.75, 3.05) is 6.54 Å². The summed E-state index contributed by atoms with van der Waals surface area (Å²) < 4.78 is 21.9. The minimum atomic E-state index is -0.521. The first-order valence-electron chi connectivity index (χ1n) is 11.4. The Labute approximate surface area is 194 Å². The molecule has 1 unspecified atom stereocenters. The highest BCUT2D eigenvalue weighted by atomic mass is 19.1. The third-order valence-corrected chi connectivity index (χ3v) is 5.73. The maximum Gasteiger partial charge on any atom is 0.287 e. The molecule has 0 saturated heterocycles. The van der Waals surface area contributed by atoms with Gasteiger partial charge in [-0.25, -0.2) is 4.39 Å². The van der Waals surface area contributed by atoms with Crippen LogP contribution < -0.4 is 5.32 Å². The number of carbonyl (C=O) groups excluding carboxylic acids is 2. The first-order valence-corrected chi connectivity index (χ1v) is 11.4. The molecule has 1 aromatic carbocycles. The molecule has 6 nitrogen and oxygen atoms in total. The number of amides is 2. The Hall–Kier alpha value is -3.35. The van der Waals surface area contributed by atoms with Crippen LogP contribution in [0.2, 0.25) is 0 Å². The molecule has 0 radical (unpaired) electrons. The van der Waals surface area contributed by atoms with E-state index in [0.29, 0.717) is 31.3 Å². The Kier molecular flexibility index (Phi) is 8.09. The fraction of sp³-hybridized carbons (Fsp3) is 0.385. The molecule has 0 aliphatic carbocycles. The average Bonchev–Trinajstić information content (AvgIpc) is 3.43. The number of hydrogen-bond acceptors (Lipinski definition) is 3. The van der Waals surface area contributed by atoms with Gasteiger partial charge in [-0.15, -0.1) is 0 Å². The van der Waals surface area contributed by atoms with Crippen LogP contribution in [0.15, 0.2) is 59.1 Å². The molecule has 1 atom stereocenters. The smallest absolute Gasteiger partial charge is 0.287 e. The highest BCUT2D eigenvalue weighted by Crippen LogP contribution is 2.17. The van der Waals surface area contributed by atoms with Crippen molar-refractivity contribution in [1.82, 2.24) is 14.8 Å². The Morgan fingerprint density at radius 1 is 1.09 bits per heavy atom. The third kappa shape index (κ3) is 6.12. The van der Waals surface area contributed by atoms with E-state index in [1.165, 1.54) is 12.1 Å². The SMILES string of the molecule is CCCN(Cc1cccn1Cc1ccc(C(=O)NC(C)C(C)C)o1)C(=O)c1ccccc1F. The maximum absolute atomic E-state index is 14.2.